The lowest BCUT2D eigenvalue weighted by Gasteiger charge is -2.29. The fraction of sp³-hybridized carbons (Fsp3) is 1.00. The minimum absolute atomic E-state index is 0.0201. The van der Waals surface area contributed by atoms with Crippen molar-refractivity contribution in [3.05, 3.63) is 0 Å². The van der Waals surface area contributed by atoms with Crippen molar-refractivity contribution in [1.82, 2.24) is 0 Å². The smallest absolute Gasteiger partial charge is 0.368 e. The molecular formula is C5H12Cl4O4Si2. The quantitative estimate of drug-likeness (QED) is 0.288. The first-order chi connectivity index (χ1) is 6.63. The molecule has 0 spiro atoms. The fourth-order valence-electron chi connectivity index (χ4n) is 1.04. The lowest BCUT2D eigenvalue weighted by Crippen LogP contribution is -2.40. The summed E-state index contributed by atoms with van der Waals surface area (Å²) in [4.78, 5) is 29.3. The van der Waals surface area contributed by atoms with Crippen LogP contribution in [0.1, 0.15) is 6.42 Å². The molecule has 0 aromatic carbocycles. The molecule has 4 N–H and O–H groups in total. The van der Waals surface area contributed by atoms with E-state index in [1.54, 1.807) is 0 Å². The molecule has 1 heterocycles. The lowest BCUT2D eigenvalue weighted by molar-refractivity contribution is 0.117. The van der Waals surface area contributed by atoms with Crippen molar-refractivity contribution in [2.24, 2.45) is 0 Å². The van der Waals surface area contributed by atoms with E-state index in [1.165, 1.54) is 0 Å². The zero-order chi connectivity index (χ0) is 12.2. The molecule has 0 amide bonds. The molecule has 0 saturated carbocycles. The summed E-state index contributed by atoms with van der Waals surface area (Å²) in [6, 6.07) is 1.01. The van der Waals surface area contributed by atoms with Gasteiger partial charge in [-0.25, -0.2) is 0 Å². The fourth-order valence-corrected chi connectivity index (χ4v) is 5.69. The maximum atomic E-state index is 7.33. The third kappa shape index (κ3) is 8.20. The van der Waals surface area contributed by atoms with E-state index < -0.39 is 17.2 Å². The highest BCUT2D eigenvalue weighted by molar-refractivity contribution is 7.10. The Balaban J connectivity index is 0.000000336. The molecule has 0 aliphatic carbocycles. The van der Waals surface area contributed by atoms with Crippen molar-refractivity contribution in [3.63, 3.8) is 0 Å². The number of halogens is 4. The molecule has 10 heteroatoms. The lowest BCUT2D eigenvalue weighted by atomic mass is 10.2. The van der Waals surface area contributed by atoms with Crippen molar-refractivity contribution in [1.29, 1.82) is 0 Å². The van der Waals surface area contributed by atoms with Crippen LogP contribution in [0.4, 0.5) is 0 Å². The van der Waals surface area contributed by atoms with Crippen LogP contribution in [0, 0.1) is 0 Å². The van der Waals surface area contributed by atoms with Gasteiger partial charge in [0.1, 0.15) is 0 Å². The Bertz CT molecular complexity index is 172. The van der Waals surface area contributed by atoms with E-state index >= 15 is 0 Å². The standard InChI is InChI=1S/C5H8Cl4Si.H4O4Si/c6-3-1-2-10(9)5(8)4(3)7;1-5(2,3)4/h3-5,10H,1-2H2;1-4H. The molecule has 1 aliphatic rings. The highest BCUT2D eigenvalue weighted by Gasteiger charge is 2.36. The van der Waals surface area contributed by atoms with Gasteiger partial charge in [0.2, 0.25) is 0 Å². The van der Waals surface area contributed by atoms with Crippen molar-refractivity contribution in [2.45, 2.75) is 28.2 Å². The van der Waals surface area contributed by atoms with Crippen LogP contribution in [0.5, 0.6) is 0 Å². The third-order valence-electron chi connectivity index (χ3n) is 1.71. The van der Waals surface area contributed by atoms with Crippen LogP contribution in [0.2, 0.25) is 6.04 Å². The SMILES string of the molecule is ClC1CC[SiH](Cl)C(Cl)C1Cl.O[Si](O)(O)O. The van der Waals surface area contributed by atoms with Crippen LogP contribution in [-0.4, -0.2) is 52.1 Å². The van der Waals surface area contributed by atoms with Gasteiger partial charge in [-0.1, -0.05) is 0 Å². The van der Waals surface area contributed by atoms with Crippen molar-refractivity contribution in [2.75, 3.05) is 0 Å². The Kier molecular flexibility index (Phi) is 7.67. The molecule has 1 rings (SSSR count). The molecule has 1 fully saturated rings. The summed E-state index contributed by atoms with van der Waals surface area (Å²) in [6.07, 6.45) is 0.930. The van der Waals surface area contributed by atoms with E-state index in [0.29, 0.717) is 0 Å². The van der Waals surface area contributed by atoms with E-state index in [9.17, 15) is 0 Å². The van der Waals surface area contributed by atoms with Crippen LogP contribution in [-0.2, 0) is 0 Å². The predicted octanol–water partition coefficient (Wildman–Crippen LogP) is 0.105. The van der Waals surface area contributed by atoms with Gasteiger partial charge in [0, 0.05) is 0 Å². The Hall–Kier alpha value is 1.43. The van der Waals surface area contributed by atoms with Gasteiger partial charge < -0.3 is 19.2 Å². The third-order valence-corrected chi connectivity index (χ3v) is 8.31. The van der Waals surface area contributed by atoms with Crippen LogP contribution in [0.15, 0.2) is 0 Å². The van der Waals surface area contributed by atoms with Crippen molar-refractivity contribution < 1.29 is 19.2 Å². The first kappa shape index (κ1) is 16.4. The van der Waals surface area contributed by atoms with E-state index in [1.807, 2.05) is 0 Å². The second-order valence-electron chi connectivity index (χ2n) is 3.10. The highest BCUT2D eigenvalue weighted by atomic mass is 35.6. The molecule has 4 unspecified atom stereocenters. The van der Waals surface area contributed by atoms with Gasteiger partial charge in [0.05, 0.1) is 15.8 Å². The Labute approximate surface area is 110 Å². The molecule has 1 aliphatic heterocycles. The van der Waals surface area contributed by atoms with Crippen LogP contribution < -0.4 is 0 Å². The largest absolute Gasteiger partial charge is 0.668 e. The topological polar surface area (TPSA) is 80.9 Å². The zero-order valence-corrected chi connectivity index (χ0v) is 12.7. The van der Waals surface area contributed by atoms with Gasteiger partial charge in [-0.2, -0.15) is 11.1 Å². The average molecular weight is 334 g/mol. The maximum Gasteiger partial charge on any atom is 0.668 e. The van der Waals surface area contributed by atoms with Gasteiger partial charge >= 0.3 is 9.05 Å². The minimum atomic E-state index is -4.61. The van der Waals surface area contributed by atoms with E-state index in [4.69, 9.17) is 65.1 Å². The van der Waals surface area contributed by atoms with Gasteiger partial charge in [-0.15, -0.1) is 34.8 Å². The van der Waals surface area contributed by atoms with Crippen LogP contribution in [0.3, 0.4) is 0 Å². The molecular weight excluding hydrogens is 322 g/mol. The maximum absolute atomic E-state index is 7.33. The summed E-state index contributed by atoms with van der Waals surface area (Å²) in [6.45, 7) is 0. The summed E-state index contributed by atoms with van der Waals surface area (Å²) in [5.41, 5.74) is 0. The van der Waals surface area contributed by atoms with Gasteiger partial charge in [0.25, 0.3) is 0 Å². The molecule has 92 valence electrons. The Morgan fingerprint density at radius 1 is 1.07 bits per heavy atom. The highest BCUT2D eigenvalue weighted by Crippen LogP contribution is 2.32. The molecule has 15 heavy (non-hydrogen) atoms. The summed E-state index contributed by atoms with van der Waals surface area (Å²) in [5.74, 6) is 0. The van der Waals surface area contributed by atoms with Crippen molar-refractivity contribution in [3.8, 4) is 0 Å². The summed E-state index contributed by atoms with van der Waals surface area (Å²) in [5, 5.41) is -0.141. The molecule has 0 bridgehead atoms. The summed E-state index contributed by atoms with van der Waals surface area (Å²) in [7, 11) is -5.87. The number of alkyl halides is 3. The van der Waals surface area contributed by atoms with Crippen LogP contribution >= 0.6 is 45.9 Å². The van der Waals surface area contributed by atoms with Gasteiger partial charge in [-0.3, -0.25) is 0 Å². The van der Waals surface area contributed by atoms with Gasteiger partial charge in [-0.05, 0) is 12.5 Å². The molecule has 4 atom stereocenters. The Morgan fingerprint density at radius 2 is 1.47 bits per heavy atom. The second kappa shape index (κ2) is 7.00. The monoisotopic (exact) mass is 332 g/mol. The normalized spacial score (nSPS) is 36.8. The number of rotatable bonds is 0. The first-order valence-electron chi connectivity index (χ1n) is 4.08. The minimum Gasteiger partial charge on any atom is -0.368 e. The summed E-state index contributed by atoms with van der Waals surface area (Å²) >= 11 is 23.7. The Morgan fingerprint density at radius 3 is 1.80 bits per heavy atom. The molecule has 0 aromatic heterocycles. The molecule has 1 saturated heterocycles. The zero-order valence-electron chi connectivity index (χ0n) is 7.52. The molecule has 0 aromatic rings. The van der Waals surface area contributed by atoms with E-state index in [2.05, 4.69) is 0 Å². The van der Waals surface area contributed by atoms with Gasteiger partial charge in [0.15, 0.2) is 8.11 Å². The first-order valence-corrected chi connectivity index (χ1v) is 10.4. The van der Waals surface area contributed by atoms with Crippen molar-refractivity contribution >= 4 is 63.0 Å². The van der Waals surface area contributed by atoms with E-state index in [0.717, 1.165) is 12.5 Å². The summed E-state index contributed by atoms with van der Waals surface area (Å²) < 4.78 is 0. The number of hydrogen-bond donors (Lipinski definition) is 4. The molecule has 4 nitrogen and oxygen atoms in total. The molecule has 0 radical (unpaired) electrons. The second-order valence-corrected chi connectivity index (χ2v) is 10.3. The average Bonchev–Trinajstić information content (AvgIpc) is 2.05. The predicted molar refractivity (Wildman–Crippen MR) is 66.0 cm³/mol. The number of hydrogen-bond acceptors (Lipinski definition) is 4. The van der Waals surface area contributed by atoms with E-state index in [-0.39, 0.29) is 15.8 Å². The van der Waals surface area contributed by atoms with Crippen LogP contribution in [0.25, 0.3) is 0 Å².